The molecule has 2 heterocycles. The predicted octanol–water partition coefficient (Wildman–Crippen LogP) is 4.79. The van der Waals surface area contributed by atoms with Gasteiger partial charge in [0.2, 0.25) is 5.88 Å². The van der Waals surface area contributed by atoms with E-state index in [0.29, 0.717) is 12.5 Å². The Morgan fingerprint density at radius 2 is 2.17 bits per heavy atom. The lowest BCUT2D eigenvalue weighted by Gasteiger charge is -2.36. The van der Waals surface area contributed by atoms with Gasteiger partial charge in [-0.2, -0.15) is 0 Å². The van der Waals surface area contributed by atoms with Crippen LogP contribution in [0.15, 0.2) is 22.8 Å². The van der Waals surface area contributed by atoms with E-state index in [1.165, 1.54) is 0 Å². The molecule has 1 aromatic heterocycles. The van der Waals surface area contributed by atoms with Gasteiger partial charge in [0.05, 0.1) is 6.61 Å². The second-order valence-electron chi connectivity index (χ2n) is 7.11. The second-order valence-corrected chi connectivity index (χ2v) is 7.93. The van der Waals surface area contributed by atoms with Crippen molar-refractivity contribution < 1.29 is 14.3 Å². The zero-order chi connectivity index (χ0) is 17.6. The van der Waals surface area contributed by atoms with Crippen molar-refractivity contribution in [2.75, 3.05) is 13.2 Å². The highest BCUT2D eigenvalue weighted by atomic mass is 79.9. The summed E-state index contributed by atoms with van der Waals surface area (Å²) < 4.78 is 12.0. The Morgan fingerprint density at radius 1 is 1.38 bits per heavy atom. The van der Waals surface area contributed by atoms with E-state index in [2.05, 4.69) is 20.9 Å². The second kappa shape index (κ2) is 8.70. The van der Waals surface area contributed by atoms with Crippen molar-refractivity contribution >= 4 is 22.0 Å². The van der Waals surface area contributed by atoms with Gasteiger partial charge in [-0.05, 0) is 74.9 Å². The average Bonchev–Trinajstić information content (AvgIpc) is 2.50. The molecule has 0 spiro atoms. The summed E-state index contributed by atoms with van der Waals surface area (Å²) in [6.07, 6.45) is 4.87. The van der Waals surface area contributed by atoms with Crippen molar-refractivity contribution in [1.82, 2.24) is 9.88 Å². The third-order valence-corrected chi connectivity index (χ3v) is 4.32. The number of amides is 1. The highest BCUT2D eigenvalue weighted by Crippen LogP contribution is 2.23. The highest BCUT2D eigenvalue weighted by molar-refractivity contribution is 9.10. The van der Waals surface area contributed by atoms with Crippen molar-refractivity contribution in [3.63, 3.8) is 0 Å². The number of ether oxygens (including phenoxy) is 2. The van der Waals surface area contributed by atoms with E-state index in [4.69, 9.17) is 9.47 Å². The smallest absolute Gasteiger partial charge is 0.410 e. The van der Waals surface area contributed by atoms with Crippen LogP contribution in [-0.4, -0.2) is 40.8 Å². The monoisotopic (exact) mass is 398 g/mol. The molecule has 1 aliphatic rings. The lowest BCUT2D eigenvalue weighted by atomic mass is 9.98. The third-order valence-electron chi connectivity index (χ3n) is 3.88. The predicted molar refractivity (Wildman–Crippen MR) is 97.2 cm³/mol. The SMILES string of the molecule is CC(C)(C)OC(=O)N1CCCCC1CCCOc1cccc(Br)n1. The normalized spacial score (nSPS) is 18.3. The number of aromatic nitrogens is 1. The number of pyridine rings is 1. The Kier molecular flexibility index (Phi) is 6.90. The molecule has 0 aromatic carbocycles. The number of likely N-dealkylation sites (tertiary alicyclic amines) is 1. The van der Waals surface area contributed by atoms with Gasteiger partial charge in [-0.15, -0.1) is 0 Å². The molecule has 0 bridgehead atoms. The number of carbonyl (C=O) groups is 1. The fourth-order valence-corrected chi connectivity index (χ4v) is 3.15. The molecule has 1 aliphatic heterocycles. The van der Waals surface area contributed by atoms with Crippen LogP contribution >= 0.6 is 15.9 Å². The first-order chi connectivity index (χ1) is 11.3. The number of carbonyl (C=O) groups excluding carboxylic acids is 1. The van der Waals surface area contributed by atoms with Crippen LogP contribution in [0, 0.1) is 0 Å². The molecule has 6 heteroatoms. The third kappa shape index (κ3) is 6.30. The molecule has 134 valence electrons. The van der Waals surface area contributed by atoms with Gasteiger partial charge in [-0.1, -0.05) is 6.07 Å². The maximum absolute atomic E-state index is 12.4. The molecule has 1 saturated heterocycles. The number of nitrogens with zero attached hydrogens (tertiary/aromatic N) is 2. The maximum atomic E-state index is 12.4. The van der Waals surface area contributed by atoms with Gasteiger partial charge < -0.3 is 14.4 Å². The van der Waals surface area contributed by atoms with Crippen LogP contribution in [0.4, 0.5) is 4.79 Å². The van der Waals surface area contributed by atoms with Crippen molar-refractivity contribution in [3.8, 4) is 5.88 Å². The summed E-state index contributed by atoms with van der Waals surface area (Å²) in [4.78, 5) is 18.5. The summed E-state index contributed by atoms with van der Waals surface area (Å²) in [7, 11) is 0. The molecule has 0 saturated carbocycles. The van der Waals surface area contributed by atoms with Gasteiger partial charge in [0.25, 0.3) is 0 Å². The first-order valence-electron chi connectivity index (χ1n) is 8.60. The number of halogens is 1. The topological polar surface area (TPSA) is 51.7 Å². The van der Waals surface area contributed by atoms with Gasteiger partial charge >= 0.3 is 6.09 Å². The quantitative estimate of drug-likeness (QED) is 0.528. The standard InChI is InChI=1S/C18H27BrN2O3/c1-18(2,3)24-17(22)21-12-5-4-8-14(21)9-7-13-23-16-11-6-10-15(19)20-16/h6,10-11,14H,4-5,7-9,12-13H2,1-3H3. The van der Waals surface area contributed by atoms with Crippen LogP contribution in [-0.2, 0) is 4.74 Å². The minimum absolute atomic E-state index is 0.193. The molecule has 24 heavy (non-hydrogen) atoms. The van der Waals surface area contributed by atoms with E-state index in [1.54, 1.807) is 0 Å². The number of hydrogen-bond acceptors (Lipinski definition) is 4. The zero-order valence-corrected chi connectivity index (χ0v) is 16.3. The molecule has 1 amide bonds. The fraction of sp³-hybridized carbons (Fsp3) is 0.667. The maximum Gasteiger partial charge on any atom is 0.410 e. The Balaban J connectivity index is 1.79. The molecule has 0 aliphatic carbocycles. The fourth-order valence-electron chi connectivity index (χ4n) is 2.83. The summed E-state index contributed by atoms with van der Waals surface area (Å²) >= 11 is 3.33. The summed E-state index contributed by atoms with van der Waals surface area (Å²) in [5, 5.41) is 0. The van der Waals surface area contributed by atoms with Crippen LogP contribution in [0.25, 0.3) is 0 Å². The number of rotatable bonds is 5. The Labute approximate surface area is 152 Å². The van der Waals surface area contributed by atoms with E-state index in [9.17, 15) is 4.79 Å². The largest absolute Gasteiger partial charge is 0.478 e. The molecule has 1 fully saturated rings. The Hall–Kier alpha value is -1.30. The Bertz CT molecular complexity index is 545. The summed E-state index contributed by atoms with van der Waals surface area (Å²) in [6.45, 7) is 7.10. The summed E-state index contributed by atoms with van der Waals surface area (Å²) in [5.74, 6) is 0.622. The van der Waals surface area contributed by atoms with Crippen LogP contribution in [0.3, 0.4) is 0 Å². The van der Waals surface area contributed by atoms with Gasteiger partial charge in [0.15, 0.2) is 0 Å². The summed E-state index contributed by atoms with van der Waals surface area (Å²) in [5.41, 5.74) is -0.450. The minimum atomic E-state index is -0.450. The molecular weight excluding hydrogens is 372 g/mol. The minimum Gasteiger partial charge on any atom is -0.478 e. The van der Waals surface area contributed by atoms with Gasteiger partial charge in [-0.3, -0.25) is 0 Å². The lowest BCUT2D eigenvalue weighted by molar-refractivity contribution is 0.00822. The molecule has 1 aromatic rings. The van der Waals surface area contributed by atoms with Crippen molar-refractivity contribution in [2.45, 2.75) is 64.5 Å². The molecule has 1 unspecified atom stereocenters. The zero-order valence-electron chi connectivity index (χ0n) is 14.8. The molecule has 5 nitrogen and oxygen atoms in total. The summed E-state index contributed by atoms with van der Waals surface area (Å²) in [6, 6.07) is 5.86. The molecule has 2 rings (SSSR count). The van der Waals surface area contributed by atoms with Gasteiger partial charge in [-0.25, -0.2) is 9.78 Å². The highest BCUT2D eigenvalue weighted by Gasteiger charge is 2.30. The van der Waals surface area contributed by atoms with E-state index in [1.807, 2.05) is 43.9 Å². The van der Waals surface area contributed by atoms with Crippen LogP contribution in [0.2, 0.25) is 0 Å². The average molecular weight is 399 g/mol. The number of piperidine rings is 1. The molecule has 1 atom stereocenters. The van der Waals surface area contributed by atoms with E-state index < -0.39 is 5.60 Å². The van der Waals surface area contributed by atoms with E-state index in [0.717, 1.165) is 43.3 Å². The van der Waals surface area contributed by atoms with Crippen LogP contribution in [0.5, 0.6) is 5.88 Å². The molecule has 0 N–H and O–H groups in total. The van der Waals surface area contributed by atoms with Crippen molar-refractivity contribution in [2.24, 2.45) is 0 Å². The number of hydrogen-bond donors (Lipinski definition) is 0. The lowest BCUT2D eigenvalue weighted by Crippen LogP contribution is -2.46. The molecular formula is C18H27BrN2O3. The van der Waals surface area contributed by atoms with E-state index >= 15 is 0 Å². The first-order valence-corrected chi connectivity index (χ1v) is 9.39. The van der Waals surface area contributed by atoms with Gasteiger partial charge in [0, 0.05) is 18.7 Å². The van der Waals surface area contributed by atoms with Crippen molar-refractivity contribution in [1.29, 1.82) is 0 Å². The van der Waals surface area contributed by atoms with Crippen molar-refractivity contribution in [3.05, 3.63) is 22.8 Å². The van der Waals surface area contributed by atoms with Crippen LogP contribution < -0.4 is 4.74 Å². The first kappa shape index (κ1) is 19.0. The Morgan fingerprint density at radius 3 is 2.88 bits per heavy atom. The molecule has 0 radical (unpaired) electrons. The van der Waals surface area contributed by atoms with Crippen LogP contribution in [0.1, 0.15) is 52.9 Å². The van der Waals surface area contributed by atoms with E-state index in [-0.39, 0.29) is 12.1 Å². The van der Waals surface area contributed by atoms with Gasteiger partial charge in [0.1, 0.15) is 10.2 Å².